The summed E-state index contributed by atoms with van der Waals surface area (Å²) in [5.74, 6) is 1.06. The number of hydrogen-bond donors (Lipinski definition) is 3. The third-order valence-corrected chi connectivity index (χ3v) is 4.66. The van der Waals surface area contributed by atoms with E-state index < -0.39 is 0 Å². The summed E-state index contributed by atoms with van der Waals surface area (Å²) in [6.45, 7) is 1.96. The highest BCUT2D eigenvalue weighted by Gasteiger charge is 2.14. The van der Waals surface area contributed by atoms with Crippen LogP contribution in [0.1, 0.15) is 18.5 Å². The van der Waals surface area contributed by atoms with Gasteiger partial charge in [0, 0.05) is 11.6 Å². The number of rotatable bonds is 7. The summed E-state index contributed by atoms with van der Waals surface area (Å²) in [4.78, 5) is 16.8. The Morgan fingerprint density at radius 2 is 2.07 bits per heavy atom. The van der Waals surface area contributed by atoms with E-state index in [0.29, 0.717) is 27.7 Å². The zero-order valence-corrected chi connectivity index (χ0v) is 16.9. The van der Waals surface area contributed by atoms with E-state index in [1.165, 1.54) is 7.11 Å². The lowest BCUT2D eigenvalue weighted by Crippen LogP contribution is -2.31. The molecule has 0 aliphatic rings. The average molecular weight is 416 g/mol. The monoisotopic (exact) mass is 415 g/mol. The van der Waals surface area contributed by atoms with E-state index >= 15 is 0 Å². The summed E-state index contributed by atoms with van der Waals surface area (Å²) < 4.78 is 10.8. The molecule has 0 fully saturated rings. The number of carbonyl (C=O) groups excluding carboxylic acids is 1. The van der Waals surface area contributed by atoms with Crippen molar-refractivity contribution in [2.24, 2.45) is 0 Å². The zero-order chi connectivity index (χ0) is 20.8. The van der Waals surface area contributed by atoms with Crippen LogP contribution in [0.5, 0.6) is 11.5 Å². The highest BCUT2D eigenvalue weighted by atomic mass is 35.5. The van der Waals surface area contributed by atoms with Crippen molar-refractivity contribution in [2.45, 2.75) is 13.0 Å². The Labute approximate surface area is 173 Å². The van der Waals surface area contributed by atoms with E-state index in [1.54, 1.807) is 36.5 Å². The number of urea groups is 1. The Morgan fingerprint density at radius 1 is 1.24 bits per heavy atom. The minimum absolute atomic E-state index is 0.0854. The van der Waals surface area contributed by atoms with Crippen LogP contribution in [-0.4, -0.2) is 36.4 Å². The van der Waals surface area contributed by atoms with E-state index in [4.69, 9.17) is 26.2 Å². The van der Waals surface area contributed by atoms with Gasteiger partial charge in [0.25, 0.3) is 0 Å². The highest BCUT2D eigenvalue weighted by molar-refractivity contribution is 6.35. The number of aliphatic hydroxyl groups excluding tert-OH is 1. The van der Waals surface area contributed by atoms with Crippen LogP contribution in [-0.2, 0) is 0 Å². The van der Waals surface area contributed by atoms with Crippen LogP contribution in [0.4, 0.5) is 10.5 Å². The third-order valence-electron chi connectivity index (χ3n) is 4.35. The number of anilines is 1. The zero-order valence-electron chi connectivity index (χ0n) is 16.1. The Hall–Kier alpha value is -3.03. The van der Waals surface area contributed by atoms with Gasteiger partial charge in [0.2, 0.25) is 0 Å². The van der Waals surface area contributed by atoms with Gasteiger partial charge in [-0.15, -0.1) is 0 Å². The smallest absolute Gasteiger partial charge is 0.319 e. The van der Waals surface area contributed by atoms with Crippen LogP contribution < -0.4 is 20.1 Å². The van der Waals surface area contributed by atoms with Gasteiger partial charge in [-0.25, -0.2) is 4.79 Å². The highest BCUT2D eigenvalue weighted by Crippen LogP contribution is 2.31. The van der Waals surface area contributed by atoms with E-state index in [0.717, 1.165) is 10.9 Å². The standard InChI is InChI=1S/C21H22ClN3O4/c1-13(14-5-8-18(29-11-10-26)19(12-14)28-2)24-21(27)25-17-7-6-16(22)20-15(17)4-3-9-23-20/h3-9,12-13,26H,10-11H2,1-2H3,(H2,24,25,27). The SMILES string of the molecule is COc1cc(C(C)NC(=O)Nc2ccc(Cl)c3ncccc23)ccc1OCCO. The fraction of sp³-hybridized carbons (Fsp3) is 0.238. The molecule has 7 nitrogen and oxygen atoms in total. The summed E-state index contributed by atoms with van der Waals surface area (Å²) in [5, 5.41) is 15.9. The topological polar surface area (TPSA) is 92.7 Å². The minimum Gasteiger partial charge on any atom is -0.493 e. The molecule has 2 amide bonds. The first-order valence-corrected chi connectivity index (χ1v) is 9.43. The van der Waals surface area contributed by atoms with Gasteiger partial charge in [0.1, 0.15) is 6.61 Å². The lowest BCUT2D eigenvalue weighted by molar-refractivity contribution is 0.196. The molecule has 0 saturated carbocycles. The maximum atomic E-state index is 12.5. The molecule has 1 heterocycles. The number of halogens is 1. The van der Waals surface area contributed by atoms with Crippen molar-refractivity contribution < 1.29 is 19.4 Å². The Morgan fingerprint density at radius 3 is 2.83 bits per heavy atom. The predicted molar refractivity (Wildman–Crippen MR) is 113 cm³/mol. The number of pyridine rings is 1. The van der Waals surface area contributed by atoms with Gasteiger partial charge in [-0.05, 0) is 48.9 Å². The van der Waals surface area contributed by atoms with Crippen molar-refractivity contribution in [2.75, 3.05) is 25.6 Å². The first kappa shape index (κ1) is 20.7. The fourth-order valence-corrected chi connectivity index (χ4v) is 3.13. The second-order valence-corrected chi connectivity index (χ2v) is 6.70. The van der Waals surface area contributed by atoms with Gasteiger partial charge in [0.15, 0.2) is 11.5 Å². The maximum Gasteiger partial charge on any atom is 0.319 e. The summed E-state index contributed by atoms with van der Waals surface area (Å²) in [5.41, 5.74) is 2.09. The molecule has 2 aromatic carbocycles. The second kappa shape index (κ2) is 9.45. The number of hydrogen-bond acceptors (Lipinski definition) is 5. The van der Waals surface area contributed by atoms with E-state index in [-0.39, 0.29) is 25.3 Å². The molecule has 1 atom stereocenters. The normalized spacial score (nSPS) is 11.7. The average Bonchev–Trinajstić information content (AvgIpc) is 2.74. The molecular formula is C21H22ClN3O4. The number of nitrogens with one attached hydrogen (secondary N) is 2. The molecule has 3 rings (SSSR count). The van der Waals surface area contributed by atoms with Gasteiger partial charge in [-0.2, -0.15) is 0 Å². The van der Waals surface area contributed by atoms with Gasteiger partial charge in [0.05, 0.1) is 36.0 Å². The van der Waals surface area contributed by atoms with Crippen LogP contribution in [0.2, 0.25) is 5.02 Å². The second-order valence-electron chi connectivity index (χ2n) is 6.30. The van der Waals surface area contributed by atoms with Gasteiger partial charge in [-0.3, -0.25) is 4.98 Å². The van der Waals surface area contributed by atoms with Crippen molar-refractivity contribution >= 4 is 34.2 Å². The summed E-state index contributed by atoms with van der Waals surface area (Å²) in [6.07, 6.45) is 1.65. The lowest BCUT2D eigenvalue weighted by Gasteiger charge is -2.18. The molecule has 0 aliphatic carbocycles. The largest absolute Gasteiger partial charge is 0.493 e. The first-order valence-electron chi connectivity index (χ1n) is 9.06. The molecule has 1 unspecified atom stereocenters. The molecule has 0 bridgehead atoms. The van der Waals surface area contributed by atoms with Crippen LogP contribution in [0.3, 0.4) is 0 Å². The molecule has 0 aliphatic heterocycles. The number of carbonyl (C=O) groups is 1. The molecule has 8 heteroatoms. The lowest BCUT2D eigenvalue weighted by atomic mass is 10.1. The van der Waals surface area contributed by atoms with E-state index in [9.17, 15) is 4.79 Å². The molecule has 152 valence electrons. The minimum atomic E-state index is -0.357. The maximum absolute atomic E-state index is 12.5. The fourth-order valence-electron chi connectivity index (χ4n) is 2.91. The van der Waals surface area contributed by atoms with Crippen LogP contribution in [0.25, 0.3) is 10.9 Å². The quantitative estimate of drug-likeness (QED) is 0.539. The number of aliphatic hydroxyl groups is 1. The molecule has 0 radical (unpaired) electrons. The van der Waals surface area contributed by atoms with Gasteiger partial charge < -0.3 is 25.2 Å². The molecule has 0 saturated heterocycles. The molecule has 3 N–H and O–H groups in total. The number of methoxy groups -OCH3 is 1. The van der Waals surface area contributed by atoms with Crippen molar-refractivity contribution in [1.29, 1.82) is 0 Å². The Kier molecular flexibility index (Phi) is 6.74. The number of ether oxygens (including phenoxy) is 2. The number of amides is 2. The Bertz CT molecular complexity index is 1010. The number of fused-ring (bicyclic) bond motifs is 1. The van der Waals surface area contributed by atoms with Crippen molar-refractivity contribution in [3.63, 3.8) is 0 Å². The summed E-state index contributed by atoms with van der Waals surface area (Å²) in [6, 6.07) is 11.8. The summed E-state index contributed by atoms with van der Waals surface area (Å²) in [7, 11) is 1.54. The van der Waals surface area contributed by atoms with E-state index in [2.05, 4.69) is 15.6 Å². The third kappa shape index (κ3) is 4.88. The Balaban J connectivity index is 1.72. The number of benzene rings is 2. The predicted octanol–water partition coefficient (Wildman–Crippen LogP) is 4.15. The van der Waals surface area contributed by atoms with Gasteiger partial charge >= 0.3 is 6.03 Å². The number of nitrogens with zero attached hydrogens (tertiary/aromatic N) is 1. The molecule has 3 aromatic rings. The number of aromatic nitrogens is 1. The van der Waals surface area contributed by atoms with Crippen LogP contribution >= 0.6 is 11.6 Å². The van der Waals surface area contributed by atoms with Crippen molar-refractivity contribution in [3.8, 4) is 11.5 Å². The van der Waals surface area contributed by atoms with Gasteiger partial charge in [-0.1, -0.05) is 17.7 Å². The molecular weight excluding hydrogens is 394 g/mol. The van der Waals surface area contributed by atoms with Crippen molar-refractivity contribution in [3.05, 3.63) is 59.2 Å². The van der Waals surface area contributed by atoms with Crippen molar-refractivity contribution in [1.82, 2.24) is 10.3 Å². The van der Waals surface area contributed by atoms with Crippen LogP contribution in [0.15, 0.2) is 48.7 Å². The van der Waals surface area contributed by atoms with E-state index in [1.807, 2.05) is 19.1 Å². The summed E-state index contributed by atoms with van der Waals surface area (Å²) >= 11 is 6.18. The molecule has 1 aromatic heterocycles. The molecule has 0 spiro atoms. The first-order chi connectivity index (χ1) is 14.0. The molecule has 29 heavy (non-hydrogen) atoms. The van der Waals surface area contributed by atoms with Crippen LogP contribution in [0, 0.1) is 0 Å².